The fourth-order valence-electron chi connectivity index (χ4n) is 1.42. The van der Waals surface area contributed by atoms with Crippen molar-refractivity contribution in [3.8, 4) is 11.4 Å². The molecule has 0 saturated heterocycles. The van der Waals surface area contributed by atoms with E-state index in [1.54, 1.807) is 0 Å². The zero-order valence-corrected chi connectivity index (χ0v) is 8.82. The van der Waals surface area contributed by atoms with Crippen LogP contribution in [0.15, 0.2) is 30.5 Å². The van der Waals surface area contributed by atoms with Crippen molar-refractivity contribution in [1.29, 1.82) is 0 Å². The van der Waals surface area contributed by atoms with E-state index in [4.69, 9.17) is 5.11 Å². The van der Waals surface area contributed by atoms with E-state index < -0.39 is 17.7 Å². The summed E-state index contributed by atoms with van der Waals surface area (Å²) in [5.74, 6) is -1.14. The SMILES string of the molecule is O=C(O)c1cnc(-c2cccc(C(F)(F)F)c2)[nH]1. The van der Waals surface area contributed by atoms with Gasteiger partial charge in [0.1, 0.15) is 11.5 Å². The minimum absolute atomic E-state index is 0.0819. The van der Waals surface area contributed by atoms with Gasteiger partial charge in [-0.2, -0.15) is 13.2 Å². The molecule has 0 unspecified atom stereocenters. The Morgan fingerprint density at radius 1 is 1.33 bits per heavy atom. The smallest absolute Gasteiger partial charge is 0.416 e. The molecule has 0 spiro atoms. The van der Waals surface area contributed by atoms with Gasteiger partial charge in [-0.25, -0.2) is 9.78 Å². The van der Waals surface area contributed by atoms with Gasteiger partial charge in [0.05, 0.1) is 11.8 Å². The van der Waals surface area contributed by atoms with Crippen LogP contribution in [0.4, 0.5) is 13.2 Å². The number of imidazole rings is 1. The molecule has 2 rings (SSSR count). The lowest BCUT2D eigenvalue weighted by Gasteiger charge is -2.07. The maximum Gasteiger partial charge on any atom is 0.416 e. The number of aromatic nitrogens is 2. The number of nitrogens with one attached hydrogen (secondary N) is 1. The Morgan fingerprint density at radius 2 is 2.06 bits per heavy atom. The molecule has 1 aromatic carbocycles. The van der Waals surface area contributed by atoms with Crippen molar-refractivity contribution in [2.24, 2.45) is 0 Å². The van der Waals surface area contributed by atoms with Crippen molar-refractivity contribution in [3.63, 3.8) is 0 Å². The van der Waals surface area contributed by atoms with Crippen molar-refractivity contribution in [1.82, 2.24) is 9.97 Å². The summed E-state index contributed by atoms with van der Waals surface area (Å²) in [4.78, 5) is 16.8. The summed E-state index contributed by atoms with van der Waals surface area (Å²) in [5, 5.41) is 8.68. The zero-order chi connectivity index (χ0) is 13.3. The summed E-state index contributed by atoms with van der Waals surface area (Å²) < 4.78 is 37.5. The number of hydrogen-bond donors (Lipinski definition) is 2. The number of aromatic carboxylic acids is 1. The molecule has 1 heterocycles. The lowest BCUT2D eigenvalue weighted by atomic mass is 10.1. The third kappa shape index (κ3) is 2.34. The van der Waals surface area contributed by atoms with Gasteiger partial charge in [0.2, 0.25) is 0 Å². The molecule has 0 fully saturated rings. The monoisotopic (exact) mass is 256 g/mol. The van der Waals surface area contributed by atoms with Crippen molar-refractivity contribution >= 4 is 5.97 Å². The molecule has 2 N–H and O–H groups in total. The molecule has 2 aromatic rings. The fourth-order valence-corrected chi connectivity index (χ4v) is 1.42. The Morgan fingerprint density at radius 3 is 2.61 bits per heavy atom. The number of alkyl halides is 3. The molecule has 0 saturated carbocycles. The van der Waals surface area contributed by atoms with E-state index >= 15 is 0 Å². The maximum atomic E-state index is 12.5. The Balaban J connectivity index is 2.41. The molecule has 1 aromatic heterocycles. The van der Waals surface area contributed by atoms with Gasteiger partial charge in [0, 0.05) is 5.56 Å². The minimum atomic E-state index is -4.45. The number of carboxylic acids is 1. The number of nitrogens with zero attached hydrogens (tertiary/aromatic N) is 1. The normalized spacial score (nSPS) is 11.5. The first-order valence-electron chi connectivity index (χ1n) is 4.84. The van der Waals surface area contributed by atoms with Gasteiger partial charge < -0.3 is 10.1 Å². The molecular formula is C11H7F3N2O2. The quantitative estimate of drug-likeness (QED) is 0.868. The summed E-state index contributed by atoms with van der Waals surface area (Å²) >= 11 is 0. The summed E-state index contributed by atoms with van der Waals surface area (Å²) in [6, 6.07) is 4.50. The summed E-state index contributed by atoms with van der Waals surface area (Å²) in [6.45, 7) is 0. The van der Waals surface area contributed by atoms with E-state index in [2.05, 4.69) is 9.97 Å². The molecule has 18 heavy (non-hydrogen) atoms. The van der Waals surface area contributed by atoms with E-state index in [0.717, 1.165) is 18.3 Å². The molecule has 4 nitrogen and oxygen atoms in total. The summed E-state index contributed by atoms with van der Waals surface area (Å²) in [5.41, 5.74) is -0.812. The second kappa shape index (κ2) is 4.17. The van der Waals surface area contributed by atoms with Crippen LogP contribution in [0.1, 0.15) is 16.1 Å². The molecule has 94 valence electrons. The largest absolute Gasteiger partial charge is 0.477 e. The van der Waals surface area contributed by atoms with Gasteiger partial charge in [-0.05, 0) is 12.1 Å². The van der Waals surface area contributed by atoms with Gasteiger partial charge in [0.25, 0.3) is 0 Å². The predicted octanol–water partition coefficient (Wildman–Crippen LogP) is 2.79. The van der Waals surface area contributed by atoms with E-state index in [0.29, 0.717) is 0 Å². The number of hydrogen-bond acceptors (Lipinski definition) is 2. The highest BCUT2D eigenvalue weighted by Gasteiger charge is 2.30. The predicted molar refractivity (Wildman–Crippen MR) is 56.0 cm³/mol. The lowest BCUT2D eigenvalue weighted by molar-refractivity contribution is -0.137. The summed E-state index contributed by atoms with van der Waals surface area (Å²) in [7, 11) is 0. The van der Waals surface area contributed by atoms with Crippen LogP contribution in [0, 0.1) is 0 Å². The van der Waals surface area contributed by atoms with Crippen LogP contribution in [0.2, 0.25) is 0 Å². The van der Waals surface area contributed by atoms with Crippen LogP contribution in [0.5, 0.6) is 0 Å². The second-order valence-electron chi connectivity index (χ2n) is 3.53. The van der Waals surface area contributed by atoms with Crippen LogP contribution in [-0.2, 0) is 6.18 Å². The lowest BCUT2D eigenvalue weighted by Crippen LogP contribution is -2.04. The molecule has 0 aliphatic heterocycles. The zero-order valence-electron chi connectivity index (χ0n) is 8.82. The molecule has 7 heteroatoms. The van der Waals surface area contributed by atoms with Gasteiger partial charge in [-0.3, -0.25) is 0 Å². The first-order chi connectivity index (χ1) is 8.38. The van der Waals surface area contributed by atoms with Crippen molar-refractivity contribution in [3.05, 3.63) is 41.7 Å². The molecule has 0 bridgehead atoms. The third-order valence-electron chi connectivity index (χ3n) is 2.27. The Kier molecular flexibility index (Phi) is 2.82. The number of H-pyrrole nitrogens is 1. The first kappa shape index (κ1) is 12.2. The average molecular weight is 256 g/mol. The van der Waals surface area contributed by atoms with Gasteiger partial charge >= 0.3 is 12.1 Å². The second-order valence-corrected chi connectivity index (χ2v) is 3.53. The number of aromatic amines is 1. The van der Waals surface area contributed by atoms with Crippen LogP contribution in [0.25, 0.3) is 11.4 Å². The average Bonchev–Trinajstić information content (AvgIpc) is 2.77. The molecule has 0 radical (unpaired) electrons. The van der Waals surface area contributed by atoms with E-state index in [-0.39, 0.29) is 17.1 Å². The highest BCUT2D eigenvalue weighted by molar-refractivity contribution is 5.85. The molecule has 0 atom stereocenters. The number of carbonyl (C=O) groups is 1. The van der Waals surface area contributed by atoms with E-state index in [1.807, 2.05) is 0 Å². The fraction of sp³-hybridized carbons (Fsp3) is 0.0909. The van der Waals surface area contributed by atoms with Crippen LogP contribution in [0.3, 0.4) is 0 Å². The van der Waals surface area contributed by atoms with Crippen LogP contribution < -0.4 is 0 Å². The van der Waals surface area contributed by atoms with Crippen molar-refractivity contribution < 1.29 is 23.1 Å². The maximum absolute atomic E-state index is 12.5. The molecule has 0 aliphatic carbocycles. The highest BCUT2D eigenvalue weighted by Crippen LogP contribution is 2.31. The van der Waals surface area contributed by atoms with Crippen LogP contribution >= 0.6 is 0 Å². The molecule has 0 aliphatic rings. The Labute approximate surface area is 99.1 Å². The Hall–Kier alpha value is -2.31. The van der Waals surface area contributed by atoms with Crippen molar-refractivity contribution in [2.45, 2.75) is 6.18 Å². The van der Waals surface area contributed by atoms with Gasteiger partial charge in [-0.15, -0.1) is 0 Å². The first-order valence-corrected chi connectivity index (χ1v) is 4.84. The van der Waals surface area contributed by atoms with E-state index in [9.17, 15) is 18.0 Å². The van der Waals surface area contributed by atoms with E-state index in [1.165, 1.54) is 12.1 Å². The van der Waals surface area contributed by atoms with Gasteiger partial charge in [0.15, 0.2) is 0 Å². The number of benzene rings is 1. The van der Waals surface area contributed by atoms with Crippen molar-refractivity contribution in [2.75, 3.05) is 0 Å². The number of carboxylic acid groups (broad SMARTS) is 1. The van der Waals surface area contributed by atoms with Crippen LogP contribution in [-0.4, -0.2) is 21.0 Å². The summed E-state index contributed by atoms with van der Waals surface area (Å²) in [6.07, 6.45) is -3.39. The molecular weight excluding hydrogens is 249 g/mol. The topological polar surface area (TPSA) is 66.0 Å². The number of halogens is 3. The Bertz CT molecular complexity index is 590. The molecule has 0 amide bonds. The minimum Gasteiger partial charge on any atom is -0.477 e. The third-order valence-corrected chi connectivity index (χ3v) is 2.27. The standard InChI is InChI=1S/C11H7F3N2O2/c12-11(13,14)7-3-1-2-6(4-7)9-15-5-8(16-9)10(17)18/h1-5H,(H,15,16)(H,17,18). The van der Waals surface area contributed by atoms with Gasteiger partial charge in [-0.1, -0.05) is 12.1 Å². The number of rotatable bonds is 2. The highest BCUT2D eigenvalue weighted by atomic mass is 19.4.